The van der Waals surface area contributed by atoms with Crippen LogP contribution in [0, 0.1) is 5.41 Å². The number of hydrogen-bond donors (Lipinski definition) is 3. The highest BCUT2D eigenvalue weighted by atomic mass is 31.2. The summed E-state index contributed by atoms with van der Waals surface area (Å²) in [4.78, 5) is 13.1. The second-order valence-electron chi connectivity index (χ2n) is 9.19. The number of benzene rings is 5. The van der Waals surface area contributed by atoms with Gasteiger partial charge in [0.1, 0.15) is 23.9 Å². The Morgan fingerprint density at radius 1 is 0.756 bits per heavy atom. The van der Waals surface area contributed by atoms with Crippen molar-refractivity contribution in [1.82, 2.24) is 5.32 Å². The van der Waals surface area contributed by atoms with Crippen molar-refractivity contribution in [1.29, 1.82) is 5.41 Å². The summed E-state index contributed by atoms with van der Waals surface area (Å²) in [6, 6.07) is 37.2. The lowest BCUT2D eigenvalue weighted by Crippen LogP contribution is -2.31. The molecule has 4 N–H and O–H groups in total. The number of nitrogen functional groups attached to an aromatic ring is 1. The second kappa shape index (κ2) is 12.4. The Kier molecular flexibility index (Phi) is 8.32. The standard InChI is InChI=1S/C32H28N3O5P/c33-30(34)26-18-16-25-21-27(19-17-24(25)20-26)31(35-32(36)38-22-23-10-4-1-5-11-23)41(37,39-28-12-6-2-7-13-28)40-29-14-8-3-9-15-29/h1-21,31H,22H2,(H3,33,34)(H,35,36). The van der Waals surface area contributed by atoms with E-state index in [2.05, 4.69) is 5.32 Å². The smallest absolute Gasteiger partial charge is 0.445 e. The van der Waals surface area contributed by atoms with Crippen LogP contribution in [-0.4, -0.2) is 11.9 Å². The van der Waals surface area contributed by atoms with Crippen LogP contribution >= 0.6 is 7.60 Å². The fourth-order valence-electron chi connectivity index (χ4n) is 4.20. The number of amides is 1. The van der Waals surface area contributed by atoms with Crippen molar-refractivity contribution < 1.29 is 23.1 Å². The van der Waals surface area contributed by atoms with Gasteiger partial charge in [0.05, 0.1) is 0 Å². The Bertz CT molecular complexity index is 1650. The van der Waals surface area contributed by atoms with Gasteiger partial charge in [0.2, 0.25) is 0 Å². The molecule has 41 heavy (non-hydrogen) atoms. The molecule has 0 saturated carbocycles. The average molecular weight is 566 g/mol. The molecule has 0 radical (unpaired) electrons. The summed E-state index contributed by atoms with van der Waals surface area (Å²) < 4.78 is 32.4. The van der Waals surface area contributed by atoms with E-state index < -0.39 is 19.5 Å². The third kappa shape index (κ3) is 6.93. The van der Waals surface area contributed by atoms with Crippen molar-refractivity contribution in [3.63, 3.8) is 0 Å². The monoisotopic (exact) mass is 565 g/mol. The molecule has 5 rings (SSSR count). The maximum Gasteiger partial charge on any atom is 0.457 e. The Balaban J connectivity index is 1.55. The molecule has 0 aliphatic rings. The minimum Gasteiger partial charge on any atom is -0.445 e. The topological polar surface area (TPSA) is 124 Å². The summed E-state index contributed by atoms with van der Waals surface area (Å²) in [6.07, 6.45) is -0.792. The SMILES string of the molecule is N=C(N)c1ccc2cc(C(NC(=O)OCc3ccccc3)P(=O)(Oc3ccccc3)Oc3ccccc3)ccc2c1. The first-order chi connectivity index (χ1) is 19.9. The highest BCUT2D eigenvalue weighted by molar-refractivity contribution is 7.55. The summed E-state index contributed by atoms with van der Waals surface area (Å²) in [7, 11) is -4.21. The van der Waals surface area contributed by atoms with E-state index in [0.717, 1.165) is 16.3 Å². The quantitative estimate of drug-likeness (QED) is 0.0921. The summed E-state index contributed by atoms with van der Waals surface area (Å²) in [6.45, 7) is 0.0221. The van der Waals surface area contributed by atoms with E-state index in [4.69, 9.17) is 24.9 Å². The number of fused-ring (bicyclic) bond motifs is 1. The van der Waals surface area contributed by atoms with E-state index in [9.17, 15) is 9.36 Å². The fraction of sp³-hybridized carbons (Fsp3) is 0.0625. The van der Waals surface area contributed by atoms with Gasteiger partial charge >= 0.3 is 13.7 Å². The van der Waals surface area contributed by atoms with Crippen molar-refractivity contribution in [2.75, 3.05) is 0 Å². The van der Waals surface area contributed by atoms with Crippen LogP contribution in [0.3, 0.4) is 0 Å². The molecule has 0 fully saturated rings. The van der Waals surface area contributed by atoms with Gasteiger partial charge in [-0.05, 0) is 58.3 Å². The average Bonchev–Trinajstić information content (AvgIpc) is 2.99. The van der Waals surface area contributed by atoms with E-state index in [0.29, 0.717) is 22.6 Å². The van der Waals surface area contributed by atoms with Crippen molar-refractivity contribution >= 4 is 30.3 Å². The number of alkyl carbamates (subject to hydrolysis) is 1. The van der Waals surface area contributed by atoms with Gasteiger partial charge in [-0.2, -0.15) is 0 Å². The first kappa shape index (κ1) is 27.5. The molecule has 5 aromatic rings. The van der Waals surface area contributed by atoms with Crippen molar-refractivity contribution in [2.45, 2.75) is 12.4 Å². The third-order valence-corrected chi connectivity index (χ3v) is 8.22. The molecule has 0 aliphatic heterocycles. The molecule has 0 spiro atoms. The maximum atomic E-state index is 14.8. The number of ether oxygens (including phenoxy) is 1. The van der Waals surface area contributed by atoms with E-state index >= 15 is 0 Å². The summed E-state index contributed by atoms with van der Waals surface area (Å²) in [5, 5.41) is 12.1. The lowest BCUT2D eigenvalue weighted by Gasteiger charge is -2.28. The molecule has 1 amide bonds. The first-order valence-electron chi connectivity index (χ1n) is 12.8. The zero-order valence-electron chi connectivity index (χ0n) is 22.0. The van der Waals surface area contributed by atoms with Crippen LogP contribution in [0.25, 0.3) is 10.8 Å². The van der Waals surface area contributed by atoms with Gasteiger partial charge in [0.15, 0.2) is 5.78 Å². The number of para-hydroxylation sites is 2. The van der Waals surface area contributed by atoms with E-state index in [1.165, 1.54) is 0 Å². The van der Waals surface area contributed by atoms with Gasteiger partial charge in [-0.25, -0.2) is 9.36 Å². The Morgan fingerprint density at radius 3 is 1.88 bits per heavy atom. The van der Waals surface area contributed by atoms with E-state index in [1.54, 1.807) is 84.9 Å². The minimum atomic E-state index is -4.21. The van der Waals surface area contributed by atoms with Crippen LogP contribution in [0.4, 0.5) is 4.79 Å². The molecule has 8 nitrogen and oxygen atoms in total. The number of amidine groups is 1. The molecule has 9 heteroatoms. The highest BCUT2D eigenvalue weighted by Gasteiger charge is 2.42. The zero-order valence-corrected chi connectivity index (χ0v) is 22.9. The molecule has 206 valence electrons. The summed E-state index contributed by atoms with van der Waals surface area (Å²) in [5.41, 5.74) is 7.52. The van der Waals surface area contributed by atoms with Crippen LogP contribution in [0.5, 0.6) is 11.5 Å². The number of carbonyl (C=O) groups excluding carboxylic acids is 1. The Hall–Kier alpha value is -5.07. The van der Waals surface area contributed by atoms with Gasteiger partial charge in [-0.1, -0.05) is 91.0 Å². The number of nitrogens with one attached hydrogen (secondary N) is 2. The van der Waals surface area contributed by atoms with Crippen LogP contribution in [0.1, 0.15) is 22.5 Å². The highest BCUT2D eigenvalue weighted by Crippen LogP contribution is 2.59. The lowest BCUT2D eigenvalue weighted by molar-refractivity contribution is 0.137. The molecule has 0 heterocycles. The summed E-state index contributed by atoms with van der Waals surface area (Å²) >= 11 is 0. The first-order valence-corrected chi connectivity index (χ1v) is 14.5. The molecule has 1 unspecified atom stereocenters. The molecule has 1 atom stereocenters. The molecule has 0 saturated heterocycles. The molecule has 5 aromatic carbocycles. The van der Waals surface area contributed by atoms with Gasteiger partial charge < -0.3 is 24.8 Å². The van der Waals surface area contributed by atoms with Crippen molar-refractivity contribution in [2.24, 2.45) is 5.73 Å². The van der Waals surface area contributed by atoms with E-state index in [1.807, 2.05) is 42.5 Å². The predicted molar refractivity (Wildman–Crippen MR) is 159 cm³/mol. The summed E-state index contributed by atoms with van der Waals surface area (Å²) in [5.74, 6) is -0.678. The second-order valence-corrected chi connectivity index (χ2v) is 11.2. The molecule has 0 aliphatic carbocycles. The number of nitrogens with two attached hydrogens (primary N) is 1. The number of hydrogen-bond acceptors (Lipinski definition) is 6. The van der Waals surface area contributed by atoms with Gasteiger partial charge in [0.25, 0.3) is 0 Å². The van der Waals surface area contributed by atoms with Crippen LogP contribution in [0.15, 0.2) is 127 Å². The van der Waals surface area contributed by atoms with Gasteiger partial charge in [-0.15, -0.1) is 0 Å². The fourth-order valence-corrected chi connectivity index (χ4v) is 6.07. The molecule has 0 aromatic heterocycles. The van der Waals surface area contributed by atoms with Gasteiger partial charge in [0, 0.05) is 5.56 Å². The molecule has 0 bridgehead atoms. The van der Waals surface area contributed by atoms with Crippen LogP contribution in [-0.2, 0) is 15.9 Å². The van der Waals surface area contributed by atoms with Crippen molar-refractivity contribution in [3.05, 3.63) is 144 Å². The van der Waals surface area contributed by atoms with Crippen molar-refractivity contribution in [3.8, 4) is 11.5 Å². The normalized spacial score (nSPS) is 11.8. The largest absolute Gasteiger partial charge is 0.457 e. The van der Waals surface area contributed by atoms with Gasteiger partial charge in [-0.3, -0.25) is 5.41 Å². The predicted octanol–water partition coefficient (Wildman–Crippen LogP) is 7.40. The lowest BCUT2D eigenvalue weighted by atomic mass is 10.0. The molecular weight excluding hydrogens is 537 g/mol. The van der Waals surface area contributed by atoms with E-state index in [-0.39, 0.29) is 12.4 Å². The number of rotatable bonds is 10. The third-order valence-electron chi connectivity index (χ3n) is 6.23. The number of carbonyl (C=O) groups is 1. The van der Waals surface area contributed by atoms with Crippen LogP contribution < -0.4 is 20.1 Å². The maximum absolute atomic E-state index is 14.8. The van der Waals surface area contributed by atoms with Crippen LogP contribution in [0.2, 0.25) is 0 Å². The zero-order chi connectivity index (χ0) is 28.7. The Labute approximate surface area is 237 Å². The molecular formula is C32H28N3O5P. The minimum absolute atomic E-state index is 0.0221. The Morgan fingerprint density at radius 2 is 1.29 bits per heavy atom.